The highest BCUT2D eigenvalue weighted by atomic mass is 32.1. The van der Waals surface area contributed by atoms with Gasteiger partial charge < -0.3 is 29.3 Å². The number of nitrogens with zero attached hydrogens (tertiary/aromatic N) is 5. The van der Waals surface area contributed by atoms with Crippen molar-refractivity contribution in [2.24, 2.45) is 0 Å². The third-order valence-electron chi connectivity index (χ3n) is 7.74. The minimum Gasteiger partial charge on any atom is -0.497 e. The number of thiazole rings is 1. The minimum atomic E-state index is -0.883. The molecule has 52 heavy (non-hydrogen) atoms. The minimum absolute atomic E-state index is 0.0732. The number of hydrogen-bond donors (Lipinski definition) is 2. The summed E-state index contributed by atoms with van der Waals surface area (Å²) in [4.78, 5) is 47.8. The van der Waals surface area contributed by atoms with E-state index in [0.717, 1.165) is 29.0 Å². The van der Waals surface area contributed by atoms with Gasteiger partial charge in [-0.15, -0.1) is 0 Å². The Morgan fingerprint density at radius 1 is 0.942 bits per heavy atom. The summed E-state index contributed by atoms with van der Waals surface area (Å²) in [5.74, 6) is -1.29. The Bertz CT molecular complexity index is 1910. The van der Waals surface area contributed by atoms with Crippen molar-refractivity contribution in [2.45, 2.75) is 72.3 Å². The fourth-order valence-electron chi connectivity index (χ4n) is 5.50. The standard InChI is InChI=1S/C36H43F2N7O6S/c1-21-19-43(34(48)51-36(5,6)7)16-17-44(21)32-26(18-39-45(32)20-22-12-14-23(49-8)15-13-22)40-29(46)28-31(42-33(47)50-35(2,3)4)52-30(41-28)27-24(37)10-9-11-25(27)38/h9-15,18,21H,16-17,19-20H2,1-8H3,(H,40,46)(H,42,47). The lowest BCUT2D eigenvalue weighted by atomic mass is 10.1. The lowest BCUT2D eigenvalue weighted by Crippen LogP contribution is -2.55. The third kappa shape index (κ3) is 9.15. The van der Waals surface area contributed by atoms with Crippen LogP contribution in [0, 0.1) is 11.6 Å². The van der Waals surface area contributed by atoms with Crippen LogP contribution in [0.25, 0.3) is 10.6 Å². The van der Waals surface area contributed by atoms with E-state index in [1.54, 1.807) is 37.5 Å². The van der Waals surface area contributed by atoms with Gasteiger partial charge in [-0.1, -0.05) is 29.5 Å². The van der Waals surface area contributed by atoms with Crippen LogP contribution < -0.4 is 20.3 Å². The number of carbonyl (C=O) groups excluding carboxylic acids is 3. The van der Waals surface area contributed by atoms with Gasteiger partial charge in [-0.3, -0.25) is 10.1 Å². The van der Waals surface area contributed by atoms with Gasteiger partial charge in [-0.2, -0.15) is 5.10 Å². The van der Waals surface area contributed by atoms with Crippen LogP contribution in [0.3, 0.4) is 0 Å². The molecule has 1 atom stereocenters. The van der Waals surface area contributed by atoms with E-state index in [9.17, 15) is 23.2 Å². The largest absolute Gasteiger partial charge is 0.497 e. The van der Waals surface area contributed by atoms with Crippen LogP contribution in [-0.4, -0.2) is 81.7 Å². The second kappa shape index (κ2) is 15.2. The van der Waals surface area contributed by atoms with E-state index in [1.165, 1.54) is 12.3 Å². The van der Waals surface area contributed by atoms with Crippen LogP contribution in [0.4, 0.5) is 34.9 Å². The molecular formula is C36H43F2N7O6S. The van der Waals surface area contributed by atoms with Crippen LogP contribution in [0.2, 0.25) is 0 Å². The number of amides is 3. The summed E-state index contributed by atoms with van der Waals surface area (Å²) in [6.45, 7) is 13.8. The van der Waals surface area contributed by atoms with Gasteiger partial charge >= 0.3 is 12.2 Å². The molecular weight excluding hydrogens is 697 g/mol. The molecule has 3 amide bonds. The summed E-state index contributed by atoms with van der Waals surface area (Å²) in [6.07, 6.45) is 0.194. The molecule has 1 aliphatic heterocycles. The molecule has 1 unspecified atom stereocenters. The predicted molar refractivity (Wildman–Crippen MR) is 194 cm³/mol. The summed E-state index contributed by atoms with van der Waals surface area (Å²) in [6, 6.07) is 10.6. The van der Waals surface area contributed by atoms with Crippen molar-refractivity contribution in [1.29, 1.82) is 0 Å². The third-order valence-corrected chi connectivity index (χ3v) is 8.72. The highest BCUT2D eigenvalue weighted by Gasteiger charge is 2.34. The quantitative estimate of drug-likeness (QED) is 0.189. The van der Waals surface area contributed by atoms with Gasteiger partial charge in [0, 0.05) is 25.7 Å². The van der Waals surface area contributed by atoms with Crippen molar-refractivity contribution < 1.29 is 37.4 Å². The van der Waals surface area contributed by atoms with Gasteiger partial charge in [0.1, 0.15) is 44.3 Å². The molecule has 0 saturated carbocycles. The van der Waals surface area contributed by atoms with E-state index < -0.39 is 46.5 Å². The number of halogens is 2. The Morgan fingerprint density at radius 2 is 1.60 bits per heavy atom. The van der Waals surface area contributed by atoms with Crippen molar-refractivity contribution in [2.75, 3.05) is 42.3 Å². The van der Waals surface area contributed by atoms with Crippen molar-refractivity contribution in [3.05, 3.63) is 71.6 Å². The van der Waals surface area contributed by atoms with Gasteiger partial charge in [0.25, 0.3) is 5.91 Å². The van der Waals surface area contributed by atoms with Crippen LogP contribution in [0.15, 0.2) is 48.7 Å². The number of methoxy groups -OCH3 is 1. The van der Waals surface area contributed by atoms with Crippen LogP contribution in [-0.2, 0) is 16.0 Å². The lowest BCUT2D eigenvalue weighted by Gasteiger charge is -2.41. The number of aromatic nitrogens is 3. The molecule has 1 aliphatic rings. The molecule has 16 heteroatoms. The van der Waals surface area contributed by atoms with E-state index in [2.05, 4.69) is 20.7 Å². The molecule has 13 nitrogen and oxygen atoms in total. The Labute approximate surface area is 304 Å². The molecule has 0 bridgehead atoms. The number of carbonyl (C=O) groups is 3. The topological polar surface area (TPSA) is 140 Å². The van der Waals surface area contributed by atoms with Gasteiger partial charge in [-0.25, -0.2) is 28.0 Å². The number of rotatable bonds is 8. The summed E-state index contributed by atoms with van der Waals surface area (Å²) < 4.78 is 47.7. The number of piperazine rings is 1. The molecule has 5 rings (SSSR count). The Kier molecular flexibility index (Phi) is 11.1. The van der Waals surface area contributed by atoms with Gasteiger partial charge in [0.15, 0.2) is 11.5 Å². The van der Waals surface area contributed by atoms with Crippen LogP contribution in [0.1, 0.15) is 64.5 Å². The smallest absolute Gasteiger partial charge is 0.412 e. The molecule has 0 aliphatic carbocycles. The fourth-order valence-corrected chi connectivity index (χ4v) is 6.50. The summed E-state index contributed by atoms with van der Waals surface area (Å²) in [5.41, 5.74) is -1.03. The summed E-state index contributed by atoms with van der Waals surface area (Å²) in [7, 11) is 1.58. The van der Waals surface area contributed by atoms with E-state index >= 15 is 0 Å². The Hall–Kier alpha value is -5.25. The SMILES string of the molecule is COc1ccc(Cn2ncc(NC(=O)c3nc(-c4c(F)cccc4F)sc3NC(=O)OC(C)(C)C)c2N2CCN(C(=O)OC(C)(C)C)CC2C)cc1. The highest BCUT2D eigenvalue weighted by molar-refractivity contribution is 7.19. The van der Waals surface area contributed by atoms with Crippen molar-refractivity contribution in [3.8, 4) is 16.3 Å². The zero-order valence-electron chi connectivity index (χ0n) is 30.4. The first-order valence-electron chi connectivity index (χ1n) is 16.6. The predicted octanol–water partition coefficient (Wildman–Crippen LogP) is 7.39. The first kappa shape index (κ1) is 38.0. The van der Waals surface area contributed by atoms with E-state index in [0.29, 0.717) is 43.4 Å². The van der Waals surface area contributed by atoms with Gasteiger partial charge in [-0.05, 0) is 78.3 Å². The maximum absolute atomic E-state index is 14.8. The molecule has 2 aromatic heterocycles. The van der Waals surface area contributed by atoms with Crippen molar-refractivity contribution >= 4 is 45.9 Å². The highest BCUT2D eigenvalue weighted by Crippen LogP contribution is 2.37. The van der Waals surface area contributed by atoms with Crippen LogP contribution in [0.5, 0.6) is 5.75 Å². The maximum Gasteiger partial charge on any atom is 0.412 e. The molecule has 3 heterocycles. The second-order valence-corrected chi connectivity index (χ2v) is 15.2. The lowest BCUT2D eigenvalue weighted by molar-refractivity contribution is 0.0218. The number of hydrogen-bond acceptors (Lipinski definition) is 10. The van der Waals surface area contributed by atoms with E-state index in [-0.39, 0.29) is 21.7 Å². The van der Waals surface area contributed by atoms with E-state index in [1.807, 2.05) is 56.9 Å². The molecule has 0 spiro atoms. The molecule has 1 fully saturated rings. The molecule has 0 radical (unpaired) electrons. The monoisotopic (exact) mass is 739 g/mol. The fraction of sp³-hybridized carbons (Fsp3) is 0.417. The average molecular weight is 740 g/mol. The Morgan fingerprint density at radius 3 is 2.19 bits per heavy atom. The zero-order chi connectivity index (χ0) is 38.0. The molecule has 4 aromatic rings. The summed E-state index contributed by atoms with van der Waals surface area (Å²) in [5, 5.41) is 9.78. The zero-order valence-corrected chi connectivity index (χ0v) is 31.2. The van der Waals surface area contributed by atoms with Crippen molar-refractivity contribution in [1.82, 2.24) is 19.7 Å². The molecule has 278 valence electrons. The van der Waals surface area contributed by atoms with Gasteiger partial charge in [0.2, 0.25) is 0 Å². The first-order valence-corrected chi connectivity index (χ1v) is 17.4. The van der Waals surface area contributed by atoms with E-state index in [4.69, 9.17) is 14.2 Å². The Balaban J connectivity index is 1.50. The molecule has 2 aromatic carbocycles. The number of nitrogens with one attached hydrogen (secondary N) is 2. The summed E-state index contributed by atoms with van der Waals surface area (Å²) >= 11 is 0.729. The maximum atomic E-state index is 14.8. The number of anilines is 3. The molecule has 1 saturated heterocycles. The second-order valence-electron chi connectivity index (χ2n) is 14.2. The molecule has 2 N–H and O–H groups in total. The first-order chi connectivity index (χ1) is 24.4. The average Bonchev–Trinajstić information content (AvgIpc) is 3.63. The van der Waals surface area contributed by atoms with Gasteiger partial charge in [0.05, 0.1) is 25.4 Å². The number of ether oxygens (including phenoxy) is 3. The normalized spacial score (nSPS) is 14.9. The van der Waals surface area contributed by atoms with Crippen LogP contribution >= 0.6 is 11.3 Å². The number of benzene rings is 2. The van der Waals surface area contributed by atoms with Crippen molar-refractivity contribution in [3.63, 3.8) is 0 Å².